The number of hydrogen-bond donors (Lipinski definition) is 2. The summed E-state index contributed by atoms with van der Waals surface area (Å²) in [6, 6.07) is 0.281. The van der Waals surface area contributed by atoms with Gasteiger partial charge < -0.3 is 15.6 Å². The van der Waals surface area contributed by atoms with Crippen molar-refractivity contribution < 1.29 is 14.6 Å². The molecule has 0 spiro atoms. The fourth-order valence-electron chi connectivity index (χ4n) is 2.86. The molecular weight excluding hydrogens is 206 g/mol. The Labute approximate surface area is 96.2 Å². The number of hydrogen-bond acceptors (Lipinski definition) is 3. The maximum Gasteiger partial charge on any atom is 0.306 e. The largest absolute Gasteiger partial charge is 0.481 e. The van der Waals surface area contributed by atoms with Crippen molar-refractivity contribution in [1.82, 2.24) is 0 Å². The van der Waals surface area contributed by atoms with E-state index in [9.17, 15) is 4.79 Å². The van der Waals surface area contributed by atoms with Crippen molar-refractivity contribution in [2.24, 2.45) is 11.7 Å². The smallest absolute Gasteiger partial charge is 0.306 e. The summed E-state index contributed by atoms with van der Waals surface area (Å²) in [6.45, 7) is 0. The highest BCUT2D eigenvalue weighted by molar-refractivity contribution is 5.70. The van der Waals surface area contributed by atoms with E-state index in [1.807, 2.05) is 0 Å². The third-order valence-corrected chi connectivity index (χ3v) is 3.79. The summed E-state index contributed by atoms with van der Waals surface area (Å²) in [5.74, 6) is -0.870. The Morgan fingerprint density at radius 2 is 1.88 bits per heavy atom. The van der Waals surface area contributed by atoms with E-state index < -0.39 is 5.97 Å². The Hall–Kier alpha value is -0.610. The van der Waals surface area contributed by atoms with Crippen LogP contribution in [0.2, 0.25) is 0 Å². The predicted molar refractivity (Wildman–Crippen MR) is 60.1 cm³/mol. The first-order chi connectivity index (χ1) is 7.65. The molecule has 16 heavy (non-hydrogen) atoms. The average molecular weight is 227 g/mol. The molecule has 3 N–H and O–H groups in total. The monoisotopic (exact) mass is 227 g/mol. The van der Waals surface area contributed by atoms with Gasteiger partial charge in [0.25, 0.3) is 0 Å². The zero-order valence-electron chi connectivity index (χ0n) is 9.60. The van der Waals surface area contributed by atoms with Crippen LogP contribution in [0.5, 0.6) is 0 Å². The molecule has 4 atom stereocenters. The number of carboxylic acid groups (broad SMARTS) is 1. The lowest BCUT2D eigenvalue weighted by Gasteiger charge is -2.29. The maximum absolute atomic E-state index is 10.9. The van der Waals surface area contributed by atoms with E-state index in [1.54, 1.807) is 0 Å². The molecule has 4 unspecified atom stereocenters. The lowest BCUT2D eigenvalue weighted by atomic mass is 9.87. The molecule has 0 saturated heterocycles. The summed E-state index contributed by atoms with van der Waals surface area (Å²) in [6.07, 6.45) is 6.90. The molecule has 2 rings (SSSR count). The van der Waals surface area contributed by atoms with Gasteiger partial charge in [-0.25, -0.2) is 0 Å². The van der Waals surface area contributed by atoms with Gasteiger partial charge in [0.1, 0.15) is 0 Å². The van der Waals surface area contributed by atoms with E-state index in [0.717, 1.165) is 38.5 Å². The van der Waals surface area contributed by atoms with Crippen LogP contribution in [-0.4, -0.2) is 29.3 Å². The number of aliphatic carboxylic acids is 1. The molecule has 2 fully saturated rings. The minimum atomic E-state index is -0.670. The van der Waals surface area contributed by atoms with Crippen molar-refractivity contribution in [2.45, 2.75) is 63.2 Å². The zero-order valence-corrected chi connectivity index (χ0v) is 9.60. The van der Waals surface area contributed by atoms with Crippen molar-refractivity contribution in [1.29, 1.82) is 0 Å². The van der Waals surface area contributed by atoms with Gasteiger partial charge in [0, 0.05) is 6.04 Å². The Morgan fingerprint density at radius 3 is 2.50 bits per heavy atom. The molecule has 4 heteroatoms. The van der Waals surface area contributed by atoms with Crippen molar-refractivity contribution in [3.8, 4) is 0 Å². The predicted octanol–water partition coefficient (Wildman–Crippen LogP) is 1.53. The van der Waals surface area contributed by atoms with Crippen LogP contribution in [0.3, 0.4) is 0 Å². The second-order valence-corrected chi connectivity index (χ2v) is 5.15. The van der Waals surface area contributed by atoms with E-state index in [-0.39, 0.29) is 24.2 Å². The fraction of sp³-hybridized carbons (Fsp3) is 0.917. The molecule has 0 aromatic heterocycles. The number of nitrogens with two attached hydrogens (primary N) is 1. The molecule has 0 aromatic carbocycles. The molecule has 0 aliphatic heterocycles. The van der Waals surface area contributed by atoms with Crippen molar-refractivity contribution in [3.05, 3.63) is 0 Å². The Kier molecular flexibility index (Phi) is 3.82. The normalized spacial score (nSPS) is 39.8. The van der Waals surface area contributed by atoms with Crippen molar-refractivity contribution in [2.75, 3.05) is 0 Å². The highest BCUT2D eigenvalue weighted by Gasteiger charge is 2.31. The van der Waals surface area contributed by atoms with Crippen molar-refractivity contribution >= 4 is 5.97 Å². The minimum Gasteiger partial charge on any atom is -0.481 e. The second-order valence-electron chi connectivity index (χ2n) is 5.15. The molecule has 0 aromatic rings. The topological polar surface area (TPSA) is 72.5 Å². The van der Waals surface area contributed by atoms with Crippen LogP contribution in [0.15, 0.2) is 0 Å². The van der Waals surface area contributed by atoms with Gasteiger partial charge >= 0.3 is 5.97 Å². The quantitative estimate of drug-likeness (QED) is 0.767. The molecule has 0 bridgehead atoms. The van der Waals surface area contributed by atoms with Crippen LogP contribution in [0.25, 0.3) is 0 Å². The molecule has 2 aliphatic carbocycles. The van der Waals surface area contributed by atoms with Crippen LogP contribution in [-0.2, 0) is 9.53 Å². The van der Waals surface area contributed by atoms with Crippen molar-refractivity contribution in [3.63, 3.8) is 0 Å². The van der Waals surface area contributed by atoms with E-state index >= 15 is 0 Å². The minimum absolute atomic E-state index is 0.144. The van der Waals surface area contributed by atoms with Gasteiger partial charge in [0.15, 0.2) is 0 Å². The Balaban J connectivity index is 1.79. The van der Waals surface area contributed by atoms with Crippen LogP contribution in [0.1, 0.15) is 44.9 Å². The van der Waals surface area contributed by atoms with E-state index in [4.69, 9.17) is 15.6 Å². The summed E-state index contributed by atoms with van der Waals surface area (Å²) in [5, 5.41) is 8.98. The molecule has 2 aliphatic rings. The van der Waals surface area contributed by atoms with Gasteiger partial charge in [-0.05, 0) is 38.5 Å². The average Bonchev–Trinajstić information content (AvgIpc) is 2.64. The van der Waals surface area contributed by atoms with Gasteiger partial charge in [-0.1, -0.05) is 6.42 Å². The highest BCUT2D eigenvalue weighted by Crippen LogP contribution is 2.30. The second kappa shape index (κ2) is 5.15. The van der Waals surface area contributed by atoms with Gasteiger partial charge in [-0.15, -0.1) is 0 Å². The lowest BCUT2D eigenvalue weighted by molar-refractivity contribution is -0.145. The van der Waals surface area contributed by atoms with Gasteiger partial charge in [-0.2, -0.15) is 0 Å². The Morgan fingerprint density at radius 1 is 1.12 bits per heavy atom. The molecule has 4 nitrogen and oxygen atoms in total. The number of rotatable bonds is 3. The van der Waals surface area contributed by atoms with E-state index in [0.29, 0.717) is 6.42 Å². The maximum atomic E-state index is 10.9. The number of carbonyl (C=O) groups is 1. The SMILES string of the molecule is NC1CCC(OC2CCCC(C(=O)O)C2)C1. The molecular formula is C12H21NO3. The third kappa shape index (κ3) is 2.95. The summed E-state index contributed by atoms with van der Waals surface area (Å²) < 4.78 is 5.96. The molecule has 2 saturated carbocycles. The van der Waals surface area contributed by atoms with E-state index in [2.05, 4.69) is 0 Å². The molecule has 92 valence electrons. The first kappa shape index (κ1) is 11.9. The fourth-order valence-corrected chi connectivity index (χ4v) is 2.86. The van der Waals surface area contributed by atoms with Crippen LogP contribution >= 0.6 is 0 Å². The first-order valence-corrected chi connectivity index (χ1v) is 6.29. The summed E-state index contributed by atoms with van der Waals surface area (Å²) in [5.41, 5.74) is 5.83. The zero-order chi connectivity index (χ0) is 11.5. The van der Waals surface area contributed by atoms with Crippen LogP contribution in [0, 0.1) is 5.92 Å². The lowest BCUT2D eigenvalue weighted by Crippen LogP contribution is -2.30. The van der Waals surface area contributed by atoms with Gasteiger partial charge in [0.2, 0.25) is 0 Å². The van der Waals surface area contributed by atoms with Gasteiger partial charge in [0.05, 0.1) is 18.1 Å². The summed E-state index contributed by atoms with van der Waals surface area (Å²) in [4.78, 5) is 10.9. The summed E-state index contributed by atoms with van der Waals surface area (Å²) in [7, 11) is 0. The highest BCUT2D eigenvalue weighted by atomic mass is 16.5. The molecule has 0 radical (unpaired) electrons. The molecule has 0 amide bonds. The van der Waals surface area contributed by atoms with Crippen LogP contribution in [0.4, 0.5) is 0 Å². The van der Waals surface area contributed by atoms with Crippen LogP contribution < -0.4 is 5.73 Å². The van der Waals surface area contributed by atoms with Gasteiger partial charge in [-0.3, -0.25) is 4.79 Å². The summed E-state index contributed by atoms with van der Waals surface area (Å²) >= 11 is 0. The first-order valence-electron chi connectivity index (χ1n) is 6.29. The molecule has 0 heterocycles. The number of carboxylic acids is 1. The Bertz CT molecular complexity index is 257. The third-order valence-electron chi connectivity index (χ3n) is 3.79. The number of ether oxygens (including phenoxy) is 1. The standard InChI is InChI=1S/C12H21NO3/c13-9-4-5-11(7-9)16-10-3-1-2-8(6-10)12(14)15/h8-11H,1-7,13H2,(H,14,15). The van der Waals surface area contributed by atoms with E-state index in [1.165, 1.54) is 0 Å².